The minimum atomic E-state index is -0.378. The van der Waals surface area contributed by atoms with Crippen LogP contribution in [-0.2, 0) is 0 Å². The van der Waals surface area contributed by atoms with E-state index in [1.165, 1.54) is 30.7 Å². The topological polar surface area (TPSA) is 97.1 Å². The first-order valence-electron chi connectivity index (χ1n) is 10.8. The molecule has 0 bridgehead atoms. The smallest absolute Gasteiger partial charge is 0.256 e. The van der Waals surface area contributed by atoms with E-state index in [0.29, 0.717) is 39.2 Å². The van der Waals surface area contributed by atoms with Crippen LogP contribution in [0, 0.1) is 5.82 Å². The Morgan fingerprint density at radius 3 is 2.40 bits per heavy atom. The predicted octanol–water partition coefficient (Wildman–Crippen LogP) is 5.31. The van der Waals surface area contributed by atoms with Crippen molar-refractivity contribution in [3.63, 3.8) is 0 Å². The highest BCUT2D eigenvalue weighted by molar-refractivity contribution is 6.12. The van der Waals surface area contributed by atoms with Crippen LogP contribution < -0.4 is 10.6 Å². The fourth-order valence-electron chi connectivity index (χ4n) is 3.82. The highest BCUT2D eigenvalue weighted by atomic mass is 19.1. The first-order valence-corrected chi connectivity index (χ1v) is 10.8. The normalized spacial score (nSPS) is 10.8. The van der Waals surface area contributed by atoms with Crippen molar-refractivity contribution in [1.82, 2.24) is 15.3 Å². The monoisotopic (exact) mass is 466 g/mol. The maximum Gasteiger partial charge on any atom is 0.256 e. The van der Waals surface area contributed by atoms with Crippen molar-refractivity contribution in [2.24, 2.45) is 0 Å². The van der Waals surface area contributed by atoms with Crippen LogP contribution in [0.2, 0.25) is 0 Å². The van der Waals surface area contributed by atoms with Gasteiger partial charge in [0.1, 0.15) is 17.2 Å². The molecule has 8 heteroatoms. The molecule has 0 aliphatic carbocycles. The van der Waals surface area contributed by atoms with E-state index in [-0.39, 0.29) is 17.6 Å². The van der Waals surface area contributed by atoms with Crippen molar-refractivity contribution in [1.29, 1.82) is 0 Å². The van der Waals surface area contributed by atoms with Crippen LogP contribution in [0.5, 0.6) is 0 Å². The average molecular weight is 466 g/mol. The number of furan rings is 1. The number of rotatable bonds is 5. The molecule has 0 saturated heterocycles. The molecule has 0 atom stereocenters. The molecule has 0 aliphatic rings. The number of aromatic nitrogens is 2. The van der Waals surface area contributed by atoms with Gasteiger partial charge >= 0.3 is 0 Å². The Labute approximate surface area is 199 Å². The standard InChI is InChI=1S/C27H19FN4O3/c1-29-27(34)24-21-14-18(7-10-22(21)35-25(24)16-5-8-20(28)9-6-16)17-3-2-4-19(13-17)26(33)32-23-15-30-11-12-31-23/h2-15H,1H3,(H,29,34)(H,31,32,33). The molecule has 0 radical (unpaired) electrons. The summed E-state index contributed by atoms with van der Waals surface area (Å²) in [5.74, 6) is -0.310. The zero-order chi connectivity index (χ0) is 24.4. The minimum absolute atomic E-state index is 0.318. The van der Waals surface area contributed by atoms with Gasteiger partial charge in [0.15, 0.2) is 5.82 Å². The third-order valence-electron chi connectivity index (χ3n) is 5.51. The van der Waals surface area contributed by atoms with E-state index in [2.05, 4.69) is 20.6 Å². The summed E-state index contributed by atoms with van der Waals surface area (Å²) < 4.78 is 19.4. The van der Waals surface area contributed by atoms with Crippen molar-refractivity contribution in [3.05, 3.63) is 102 Å². The second kappa shape index (κ2) is 9.18. The summed E-state index contributed by atoms with van der Waals surface area (Å²) in [5.41, 5.74) is 3.48. The van der Waals surface area contributed by atoms with Crippen molar-refractivity contribution in [3.8, 4) is 22.5 Å². The third kappa shape index (κ3) is 4.37. The molecule has 2 heterocycles. The van der Waals surface area contributed by atoms with Gasteiger partial charge in [-0.25, -0.2) is 9.37 Å². The van der Waals surface area contributed by atoms with Gasteiger partial charge in [0.25, 0.3) is 11.8 Å². The Balaban J connectivity index is 1.55. The summed E-state index contributed by atoms with van der Waals surface area (Å²) in [6.07, 6.45) is 4.49. The molecule has 35 heavy (non-hydrogen) atoms. The summed E-state index contributed by atoms with van der Waals surface area (Å²) in [6, 6.07) is 18.4. The molecule has 2 amide bonds. The minimum Gasteiger partial charge on any atom is -0.455 e. The Bertz CT molecular complexity index is 1550. The van der Waals surface area contributed by atoms with Gasteiger partial charge in [-0.15, -0.1) is 0 Å². The molecule has 2 N–H and O–H groups in total. The van der Waals surface area contributed by atoms with Crippen LogP contribution in [0.4, 0.5) is 10.2 Å². The number of carbonyl (C=O) groups excluding carboxylic acids is 2. The number of anilines is 1. The molecule has 7 nitrogen and oxygen atoms in total. The quantitative estimate of drug-likeness (QED) is 0.366. The van der Waals surface area contributed by atoms with Crippen LogP contribution in [0.3, 0.4) is 0 Å². The second-order valence-corrected chi connectivity index (χ2v) is 7.73. The molecule has 0 fully saturated rings. The maximum absolute atomic E-state index is 13.4. The molecule has 5 rings (SSSR count). The number of nitrogens with one attached hydrogen (secondary N) is 2. The summed E-state index contributed by atoms with van der Waals surface area (Å²) in [7, 11) is 1.54. The lowest BCUT2D eigenvalue weighted by Crippen LogP contribution is -2.18. The summed E-state index contributed by atoms with van der Waals surface area (Å²) >= 11 is 0. The average Bonchev–Trinajstić information content (AvgIpc) is 3.28. The van der Waals surface area contributed by atoms with Crippen LogP contribution in [0.25, 0.3) is 33.4 Å². The van der Waals surface area contributed by atoms with Gasteiger partial charge in [0, 0.05) is 36.0 Å². The molecule has 0 spiro atoms. The third-order valence-corrected chi connectivity index (χ3v) is 5.51. The van der Waals surface area contributed by atoms with E-state index in [1.54, 1.807) is 43.4 Å². The number of nitrogens with zero attached hydrogens (tertiary/aromatic N) is 2. The van der Waals surface area contributed by atoms with Gasteiger partial charge in [0.2, 0.25) is 0 Å². The lowest BCUT2D eigenvalue weighted by molar-refractivity contribution is 0.0963. The van der Waals surface area contributed by atoms with Gasteiger partial charge < -0.3 is 15.1 Å². The molecular formula is C27H19FN4O3. The number of benzene rings is 3. The highest BCUT2D eigenvalue weighted by Gasteiger charge is 2.22. The molecule has 3 aromatic carbocycles. The van der Waals surface area contributed by atoms with Gasteiger partial charge in [-0.1, -0.05) is 18.2 Å². The Morgan fingerprint density at radius 1 is 0.886 bits per heavy atom. The Hall–Kier alpha value is -4.85. The number of hydrogen-bond acceptors (Lipinski definition) is 5. The number of amides is 2. The SMILES string of the molecule is CNC(=O)c1c(-c2ccc(F)cc2)oc2ccc(-c3cccc(C(=O)Nc4cnccn4)c3)cc12. The molecule has 5 aromatic rings. The van der Waals surface area contributed by atoms with Gasteiger partial charge in [-0.3, -0.25) is 14.6 Å². The summed E-state index contributed by atoms with van der Waals surface area (Å²) in [4.78, 5) is 33.5. The van der Waals surface area contributed by atoms with E-state index in [0.717, 1.165) is 11.1 Å². The van der Waals surface area contributed by atoms with Crippen LogP contribution >= 0.6 is 0 Å². The Kier molecular flexibility index (Phi) is 5.76. The lowest BCUT2D eigenvalue weighted by atomic mass is 9.99. The van der Waals surface area contributed by atoms with E-state index < -0.39 is 0 Å². The van der Waals surface area contributed by atoms with Crippen molar-refractivity contribution in [2.75, 3.05) is 12.4 Å². The Morgan fingerprint density at radius 2 is 1.66 bits per heavy atom. The van der Waals surface area contributed by atoms with Crippen LogP contribution in [0.15, 0.2) is 89.7 Å². The summed E-state index contributed by atoms with van der Waals surface area (Å²) in [5, 5.41) is 5.97. The van der Waals surface area contributed by atoms with Gasteiger partial charge in [0.05, 0.1) is 11.8 Å². The molecule has 0 unspecified atom stereocenters. The zero-order valence-electron chi connectivity index (χ0n) is 18.6. The zero-order valence-corrected chi connectivity index (χ0v) is 18.6. The number of hydrogen-bond donors (Lipinski definition) is 2. The maximum atomic E-state index is 13.4. The molecule has 0 saturated carbocycles. The fraction of sp³-hybridized carbons (Fsp3) is 0.0370. The van der Waals surface area contributed by atoms with Gasteiger partial charge in [-0.2, -0.15) is 0 Å². The number of fused-ring (bicyclic) bond motifs is 1. The summed E-state index contributed by atoms with van der Waals surface area (Å²) in [6.45, 7) is 0. The van der Waals surface area contributed by atoms with E-state index >= 15 is 0 Å². The molecular weight excluding hydrogens is 447 g/mol. The number of halogens is 1. The van der Waals surface area contributed by atoms with E-state index in [1.807, 2.05) is 18.2 Å². The van der Waals surface area contributed by atoms with Crippen molar-refractivity contribution in [2.45, 2.75) is 0 Å². The van der Waals surface area contributed by atoms with Gasteiger partial charge in [-0.05, 0) is 59.7 Å². The fourth-order valence-corrected chi connectivity index (χ4v) is 3.82. The largest absolute Gasteiger partial charge is 0.455 e. The number of carbonyl (C=O) groups is 2. The molecule has 2 aromatic heterocycles. The van der Waals surface area contributed by atoms with Crippen molar-refractivity contribution >= 4 is 28.6 Å². The highest BCUT2D eigenvalue weighted by Crippen LogP contribution is 2.36. The molecule has 0 aliphatic heterocycles. The predicted molar refractivity (Wildman–Crippen MR) is 130 cm³/mol. The van der Waals surface area contributed by atoms with E-state index in [9.17, 15) is 14.0 Å². The van der Waals surface area contributed by atoms with E-state index in [4.69, 9.17) is 4.42 Å². The lowest BCUT2D eigenvalue weighted by Gasteiger charge is -2.07. The second-order valence-electron chi connectivity index (χ2n) is 7.73. The van der Waals surface area contributed by atoms with Crippen LogP contribution in [0.1, 0.15) is 20.7 Å². The van der Waals surface area contributed by atoms with Crippen LogP contribution in [-0.4, -0.2) is 28.8 Å². The first-order chi connectivity index (χ1) is 17.0. The first kappa shape index (κ1) is 22.0. The van der Waals surface area contributed by atoms with Crippen molar-refractivity contribution < 1.29 is 18.4 Å². The molecule has 172 valence electrons.